The van der Waals surface area contributed by atoms with Crippen molar-refractivity contribution in [3.63, 3.8) is 0 Å². The van der Waals surface area contributed by atoms with E-state index in [4.69, 9.17) is 9.47 Å². The Hall–Kier alpha value is -2.46. The first-order chi connectivity index (χ1) is 14.9. The molecule has 2 aromatic rings. The molecular weight excluding hydrogens is 402 g/mol. The lowest BCUT2D eigenvalue weighted by Gasteiger charge is -2.11. The third-order valence-corrected chi connectivity index (χ3v) is 4.82. The molecule has 0 aromatic carbocycles. The van der Waals surface area contributed by atoms with Crippen LogP contribution in [0.25, 0.3) is 11.2 Å². The Kier molecular flexibility index (Phi) is 9.93. The Morgan fingerprint density at radius 1 is 1.19 bits per heavy atom. The molecule has 0 saturated heterocycles. The Morgan fingerprint density at radius 2 is 1.97 bits per heavy atom. The molecule has 0 spiro atoms. The Morgan fingerprint density at radius 3 is 2.65 bits per heavy atom. The summed E-state index contributed by atoms with van der Waals surface area (Å²) in [4.78, 5) is 44.2. The second-order valence-electron chi connectivity index (χ2n) is 7.92. The maximum Gasteiger partial charge on any atom is 0.330 e. The van der Waals surface area contributed by atoms with Crippen LogP contribution in [0.15, 0.2) is 9.59 Å². The number of imidazole rings is 1. The van der Waals surface area contributed by atoms with Gasteiger partial charge >= 0.3 is 5.69 Å². The number of methoxy groups -OCH3 is 1. The third-order valence-electron chi connectivity index (χ3n) is 4.82. The van der Waals surface area contributed by atoms with Gasteiger partial charge < -0.3 is 19.4 Å². The predicted octanol–water partition coefficient (Wildman–Crippen LogP) is 1.05. The lowest BCUT2D eigenvalue weighted by molar-refractivity contribution is -0.121. The van der Waals surface area contributed by atoms with Gasteiger partial charge in [0.05, 0.1) is 19.8 Å². The van der Waals surface area contributed by atoms with E-state index in [-0.39, 0.29) is 18.2 Å². The fourth-order valence-corrected chi connectivity index (χ4v) is 3.31. The molecule has 0 aliphatic carbocycles. The van der Waals surface area contributed by atoms with Gasteiger partial charge in [0.1, 0.15) is 5.82 Å². The molecule has 0 radical (unpaired) electrons. The average molecular weight is 438 g/mol. The van der Waals surface area contributed by atoms with E-state index in [2.05, 4.69) is 15.3 Å². The van der Waals surface area contributed by atoms with E-state index in [1.165, 1.54) is 4.57 Å². The van der Waals surface area contributed by atoms with Gasteiger partial charge in [0.2, 0.25) is 5.91 Å². The number of aryl methyl sites for hydroxylation is 2. The molecule has 0 aliphatic heterocycles. The minimum Gasteiger partial charge on any atom is -0.382 e. The van der Waals surface area contributed by atoms with Gasteiger partial charge in [-0.2, -0.15) is 0 Å². The molecular formula is C21H35N5O5. The first-order valence-electron chi connectivity index (χ1n) is 10.9. The van der Waals surface area contributed by atoms with Gasteiger partial charge in [0.15, 0.2) is 11.2 Å². The van der Waals surface area contributed by atoms with Crippen LogP contribution in [0.4, 0.5) is 0 Å². The van der Waals surface area contributed by atoms with Crippen molar-refractivity contribution < 1.29 is 14.3 Å². The van der Waals surface area contributed by atoms with Gasteiger partial charge in [-0.1, -0.05) is 27.2 Å². The van der Waals surface area contributed by atoms with Gasteiger partial charge in [-0.25, -0.2) is 9.78 Å². The largest absolute Gasteiger partial charge is 0.382 e. The highest BCUT2D eigenvalue weighted by atomic mass is 16.5. The fourth-order valence-electron chi connectivity index (χ4n) is 3.31. The number of nitrogens with zero attached hydrogens (tertiary/aromatic N) is 3. The lowest BCUT2D eigenvalue weighted by Crippen LogP contribution is -2.31. The second kappa shape index (κ2) is 12.4. The van der Waals surface area contributed by atoms with Crippen molar-refractivity contribution in [1.29, 1.82) is 0 Å². The maximum absolute atomic E-state index is 12.6. The molecule has 0 unspecified atom stereocenters. The van der Waals surface area contributed by atoms with Crippen LogP contribution in [-0.2, 0) is 33.8 Å². The van der Waals surface area contributed by atoms with E-state index in [9.17, 15) is 14.4 Å². The van der Waals surface area contributed by atoms with Gasteiger partial charge in [-0.15, -0.1) is 0 Å². The number of hydrogen-bond donors (Lipinski definition) is 2. The first kappa shape index (κ1) is 24.8. The summed E-state index contributed by atoms with van der Waals surface area (Å²) in [6, 6.07) is 0. The van der Waals surface area contributed by atoms with Crippen LogP contribution in [0.2, 0.25) is 0 Å². The number of ether oxygens (including phenoxy) is 2. The highest BCUT2D eigenvalue weighted by Crippen LogP contribution is 2.16. The summed E-state index contributed by atoms with van der Waals surface area (Å²) >= 11 is 0. The van der Waals surface area contributed by atoms with E-state index < -0.39 is 11.2 Å². The molecule has 174 valence electrons. The molecule has 0 atom stereocenters. The number of fused-ring (bicyclic) bond motifs is 1. The van der Waals surface area contributed by atoms with E-state index >= 15 is 0 Å². The molecule has 0 saturated carbocycles. The summed E-state index contributed by atoms with van der Waals surface area (Å²) in [6.45, 7) is 9.04. The molecule has 1 amide bonds. The van der Waals surface area contributed by atoms with Crippen LogP contribution in [-0.4, -0.2) is 58.5 Å². The molecule has 10 nitrogen and oxygen atoms in total. The van der Waals surface area contributed by atoms with Crippen molar-refractivity contribution in [2.75, 3.05) is 33.5 Å². The molecule has 2 aromatic heterocycles. The normalized spacial score (nSPS) is 11.5. The number of aromatic nitrogens is 4. The minimum absolute atomic E-state index is 0.115. The number of aromatic amines is 1. The SMILES string of the molecule is CCCCn1c(=O)[nH]c(=O)c2c1nc(CCC(=O)NCCOCCOC)n2CC(C)C. The summed E-state index contributed by atoms with van der Waals surface area (Å²) in [5.41, 5.74) is -0.0983. The quantitative estimate of drug-likeness (QED) is 0.426. The molecule has 0 bridgehead atoms. The fraction of sp³-hybridized carbons (Fsp3) is 0.714. The summed E-state index contributed by atoms with van der Waals surface area (Å²) in [5.74, 6) is 0.789. The van der Waals surface area contributed by atoms with Crippen molar-refractivity contribution >= 4 is 17.1 Å². The number of carbonyl (C=O) groups excluding carboxylic acids is 1. The third kappa shape index (κ3) is 7.03. The lowest BCUT2D eigenvalue weighted by atomic mass is 10.2. The van der Waals surface area contributed by atoms with Gasteiger partial charge in [0.25, 0.3) is 5.56 Å². The van der Waals surface area contributed by atoms with Crippen LogP contribution < -0.4 is 16.6 Å². The molecule has 2 rings (SSSR count). The molecule has 2 N–H and O–H groups in total. The standard InChI is InChI=1S/C21H35N5O5/c1-5-6-10-25-19-18(20(28)24-21(25)29)26(14-15(2)3)16(23-19)7-8-17(27)22-9-11-31-13-12-30-4/h15H,5-14H2,1-4H3,(H,22,27)(H,24,28,29). The minimum atomic E-state index is -0.446. The molecule has 2 heterocycles. The molecule has 10 heteroatoms. The highest BCUT2D eigenvalue weighted by molar-refractivity contribution is 5.76. The topological polar surface area (TPSA) is 120 Å². The van der Waals surface area contributed by atoms with E-state index in [1.54, 1.807) is 7.11 Å². The van der Waals surface area contributed by atoms with Crippen LogP contribution >= 0.6 is 0 Å². The van der Waals surface area contributed by atoms with E-state index in [0.717, 1.165) is 12.8 Å². The number of H-pyrrole nitrogens is 1. The first-order valence-corrected chi connectivity index (χ1v) is 10.9. The second-order valence-corrected chi connectivity index (χ2v) is 7.92. The number of nitrogens with one attached hydrogen (secondary N) is 2. The van der Waals surface area contributed by atoms with Crippen molar-refractivity contribution in [1.82, 2.24) is 24.4 Å². The number of amides is 1. The monoisotopic (exact) mass is 437 g/mol. The zero-order valence-corrected chi connectivity index (χ0v) is 19.0. The van der Waals surface area contributed by atoms with Crippen LogP contribution in [0.1, 0.15) is 45.9 Å². The molecule has 0 fully saturated rings. The van der Waals surface area contributed by atoms with Crippen LogP contribution in [0, 0.1) is 5.92 Å². The van der Waals surface area contributed by atoms with Gasteiger partial charge in [-0.05, 0) is 12.3 Å². The van der Waals surface area contributed by atoms with Gasteiger partial charge in [0, 0.05) is 39.6 Å². The summed E-state index contributed by atoms with van der Waals surface area (Å²) in [5, 5.41) is 2.82. The van der Waals surface area contributed by atoms with Gasteiger partial charge in [-0.3, -0.25) is 19.1 Å². The number of carbonyl (C=O) groups is 1. The summed E-state index contributed by atoms with van der Waals surface area (Å²) in [6.07, 6.45) is 2.33. The van der Waals surface area contributed by atoms with Crippen molar-refractivity contribution in [2.45, 2.75) is 59.5 Å². The number of unbranched alkanes of at least 4 members (excludes halogenated alkanes) is 1. The zero-order chi connectivity index (χ0) is 22.8. The summed E-state index contributed by atoms with van der Waals surface area (Å²) in [7, 11) is 1.61. The number of hydrogen-bond acceptors (Lipinski definition) is 6. The van der Waals surface area contributed by atoms with Crippen LogP contribution in [0.3, 0.4) is 0 Å². The predicted molar refractivity (Wildman–Crippen MR) is 118 cm³/mol. The van der Waals surface area contributed by atoms with Crippen molar-refractivity contribution in [2.24, 2.45) is 5.92 Å². The molecule has 31 heavy (non-hydrogen) atoms. The van der Waals surface area contributed by atoms with Crippen LogP contribution in [0.5, 0.6) is 0 Å². The Labute approximate surface area is 182 Å². The Bertz CT molecular complexity index is 959. The maximum atomic E-state index is 12.6. The smallest absolute Gasteiger partial charge is 0.330 e. The van der Waals surface area contributed by atoms with Crippen molar-refractivity contribution in [3.8, 4) is 0 Å². The Balaban J connectivity index is 2.18. The summed E-state index contributed by atoms with van der Waals surface area (Å²) < 4.78 is 13.6. The highest BCUT2D eigenvalue weighted by Gasteiger charge is 2.19. The molecule has 0 aliphatic rings. The van der Waals surface area contributed by atoms with Crippen molar-refractivity contribution in [3.05, 3.63) is 26.7 Å². The average Bonchev–Trinajstić information content (AvgIpc) is 3.06. The van der Waals surface area contributed by atoms with E-state index in [1.807, 2.05) is 25.3 Å². The number of rotatable bonds is 14. The zero-order valence-electron chi connectivity index (χ0n) is 19.0. The van der Waals surface area contributed by atoms with E-state index in [0.29, 0.717) is 62.9 Å².